The Morgan fingerprint density at radius 1 is 1.17 bits per heavy atom. The average molecular weight is 398 g/mol. The molecule has 3 aromatic heterocycles. The molecule has 148 valence electrons. The monoisotopic (exact) mass is 398 g/mol. The summed E-state index contributed by atoms with van der Waals surface area (Å²) in [5, 5.41) is 18.6. The van der Waals surface area contributed by atoms with Gasteiger partial charge in [0.15, 0.2) is 0 Å². The molecular formula is C23H18N4O3. The summed E-state index contributed by atoms with van der Waals surface area (Å²) in [7, 11) is 0. The Morgan fingerprint density at radius 3 is 2.57 bits per heavy atom. The molecule has 0 fully saturated rings. The van der Waals surface area contributed by atoms with E-state index in [1.54, 1.807) is 30.7 Å². The van der Waals surface area contributed by atoms with E-state index >= 15 is 0 Å². The molecule has 0 unspecified atom stereocenters. The van der Waals surface area contributed by atoms with Crippen molar-refractivity contribution in [1.29, 1.82) is 5.26 Å². The molecule has 4 aromatic rings. The molecule has 30 heavy (non-hydrogen) atoms. The largest absolute Gasteiger partial charge is 0.481 e. The van der Waals surface area contributed by atoms with Gasteiger partial charge in [0.25, 0.3) is 0 Å². The summed E-state index contributed by atoms with van der Waals surface area (Å²) in [6, 6.07) is 15.2. The second-order valence-electron chi connectivity index (χ2n) is 6.86. The van der Waals surface area contributed by atoms with Crippen molar-refractivity contribution in [3.05, 3.63) is 89.0 Å². The molecule has 1 aromatic carbocycles. The zero-order valence-corrected chi connectivity index (χ0v) is 16.2. The quantitative estimate of drug-likeness (QED) is 0.528. The van der Waals surface area contributed by atoms with Crippen LogP contribution in [0, 0.1) is 18.3 Å². The second kappa shape index (κ2) is 8.05. The molecule has 0 amide bonds. The number of nitriles is 1. The predicted octanol–water partition coefficient (Wildman–Crippen LogP) is 3.92. The van der Waals surface area contributed by atoms with Crippen molar-refractivity contribution in [3.63, 3.8) is 0 Å². The van der Waals surface area contributed by atoms with Gasteiger partial charge < -0.3 is 14.2 Å². The van der Waals surface area contributed by atoms with Gasteiger partial charge in [-0.2, -0.15) is 5.26 Å². The van der Waals surface area contributed by atoms with Crippen LogP contribution in [0.15, 0.2) is 61.1 Å². The summed E-state index contributed by atoms with van der Waals surface area (Å²) < 4.78 is 7.55. The maximum atomic E-state index is 11.4. The fourth-order valence-corrected chi connectivity index (χ4v) is 3.49. The fraction of sp³-hybridized carbons (Fsp3) is 0.130. The van der Waals surface area contributed by atoms with Crippen molar-refractivity contribution in [3.8, 4) is 17.8 Å². The van der Waals surface area contributed by atoms with Gasteiger partial charge in [0.1, 0.15) is 11.8 Å². The number of hydrogen-bond donors (Lipinski definition) is 1. The third-order valence-electron chi connectivity index (χ3n) is 4.94. The van der Waals surface area contributed by atoms with Gasteiger partial charge >= 0.3 is 12.0 Å². The molecule has 0 atom stereocenters. The van der Waals surface area contributed by atoms with E-state index < -0.39 is 5.97 Å². The van der Waals surface area contributed by atoms with Crippen LogP contribution in [0.1, 0.15) is 27.9 Å². The van der Waals surface area contributed by atoms with Crippen LogP contribution in [0.3, 0.4) is 0 Å². The number of fused-ring (bicyclic) bond motifs is 1. The number of nitrogens with zero attached hydrogens (tertiary/aromatic N) is 4. The number of rotatable bonds is 6. The lowest BCUT2D eigenvalue weighted by Crippen LogP contribution is -2.01. The Kier molecular flexibility index (Phi) is 5.14. The van der Waals surface area contributed by atoms with Gasteiger partial charge in [0, 0.05) is 36.2 Å². The molecule has 0 saturated carbocycles. The first-order valence-electron chi connectivity index (χ1n) is 9.33. The number of pyridine rings is 1. The van der Waals surface area contributed by atoms with Gasteiger partial charge in [0.2, 0.25) is 0 Å². The summed E-state index contributed by atoms with van der Waals surface area (Å²) in [5.74, 6) is -0.258. The highest BCUT2D eigenvalue weighted by atomic mass is 16.5. The lowest BCUT2D eigenvalue weighted by Gasteiger charge is -2.07. The summed E-state index contributed by atoms with van der Waals surface area (Å²) in [6.07, 6.45) is 5.50. The molecule has 0 radical (unpaired) electrons. The van der Waals surface area contributed by atoms with E-state index in [2.05, 4.69) is 16.0 Å². The third-order valence-corrected chi connectivity index (χ3v) is 4.94. The molecule has 7 nitrogen and oxygen atoms in total. The van der Waals surface area contributed by atoms with Crippen LogP contribution in [0.2, 0.25) is 0 Å². The third kappa shape index (κ3) is 3.84. The van der Waals surface area contributed by atoms with Gasteiger partial charge in [-0.1, -0.05) is 12.1 Å². The molecule has 0 saturated heterocycles. The number of benzene rings is 1. The molecule has 7 heteroatoms. The van der Waals surface area contributed by atoms with Crippen molar-refractivity contribution in [2.24, 2.45) is 0 Å². The maximum absolute atomic E-state index is 11.4. The smallest absolute Gasteiger partial charge is 0.321 e. The molecule has 4 rings (SSSR count). The highest BCUT2D eigenvalue weighted by Crippen LogP contribution is 2.27. The molecule has 0 aliphatic rings. The van der Waals surface area contributed by atoms with Gasteiger partial charge in [-0.05, 0) is 53.9 Å². The maximum Gasteiger partial charge on any atom is 0.321 e. The SMILES string of the molecule is Cc1c(CC(=O)O)c2ccc(C#N)cn2c1Cc1ccc(Oc2ncccn2)cc1. The van der Waals surface area contributed by atoms with E-state index in [1.807, 2.05) is 41.7 Å². The van der Waals surface area contributed by atoms with Crippen molar-refractivity contribution in [2.75, 3.05) is 0 Å². The van der Waals surface area contributed by atoms with Crippen molar-refractivity contribution < 1.29 is 14.6 Å². The summed E-state index contributed by atoms with van der Waals surface area (Å²) >= 11 is 0. The van der Waals surface area contributed by atoms with E-state index in [0.717, 1.165) is 27.9 Å². The lowest BCUT2D eigenvalue weighted by atomic mass is 10.0. The van der Waals surface area contributed by atoms with Crippen LogP contribution in [-0.2, 0) is 17.6 Å². The summed E-state index contributed by atoms with van der Waals surface area (Å²) in [6.45, 7) is 1.93. The zero-order chi connectivity index (χ0) is 21.1. The van der Waals surface area contributed by atoms with Crippen LogP contribution in [0.5, 0.6) is 11.8 Å². The number of carboxylic acids is 1. The normalized spacial score (nSPS) is 10.7. The van der Waals surface area contributed by atoms with Crippen molar-refractivity contribution >= 4 is 11.5 Å². The highest BCUT2D eigenvalue weighted by Gasteiger charge is 2.18. The first-order chi connectivity index (χ1) is 14.5. The highest BCUT2D eigenvalue weighted by molar-refractivity contribution is 5.77. The number of aromatic nitrogens is 3. The number of carboxylic acid groups (broad SMARTS) is 1. The Morgan fingerprint density at radius 2 is 1.90 bits per heavy atom. The van der Waals surface area contributed by atoms with E-state index in [4.69, 9.17) is 4.74 Å². The van der Waals surface area contributed by atoms with E-state index in [0.29, 0.717) is 17.7 Å². The van der Waals surface area contributed by atoms with Crippen LogP contribution < -0.4 is 4.74 Å². The molecule has 0 spiro atoms. The topological polar surface area (TPSA) is 101 Å². The zero-order valence-electron chi connectivity index (χ0n) is 16.2. The number of carbonyl (C=O) groups is 1. The predicted molar refractivity (Wildman–Crippen MR) is 110 cm³/mol. The molecular weight excluding hydrogens is 380 g/mol. The summed E-state index contributed by atoms with van der Waals surface area (Å²) in [5.41, 5.74) is 5.01. The van der Waals surface area contributed by atoms with Crippen molar-refractivity contribution in [2.45, 2.75) is 19.8 Å². The van der Waals surface area contributed by atoms with E-state index in [1.165, 1.54) is 0 Å². The second-order valence-corrected chi connectivity index (χ2v) is 6.86. The van der Waals surface area contributed by atoms with Gasteiger partial charge in [-0.3, -0.25) is 4.79 Å². The average Bonchev–Trinajstić information content (AvgIpc) is 3.00. The molecule has 0 aliphatic carbocycles. The van der Waals surface area contributed by atoms with Crippen LogP contribution in [0.25, 0.3) is 5.52 Å². The number of ether oxygens (including phenoxy) is 1. The van der Waals surface area contributed by atoms with Gasteiger partial charge in [-0.25, -0.2) is 9.97 Å². The minimum Gasteiger partial charge on any atom is -0.481 e. The Balaban J connectivity index is 1.67. The fourth-order valence-electron chi connectivity index (χ4n) is 3.49. The lowest BCUT2D eigenvalue weighted by molar-refractivity contribution is -0.136. The molecule has 0 bridgehead atoms. The van der Waals surface area contributed by atoms with Crippen molar-refractivity contribution in [1.82, 2.24) is 14.4 Å². The van der Waals surface area contributed by atoms with Crippen LogP contribution in [-0.4, -0.2) is 25.4 Å². The van der Waals surface area contributed by atoms with Gasteiger partial charge in [-0.15, -0.1) is 0 Å². The Hall–Kier alpha value is -4.18. The Bertz CT molecular complexity index is 1260. The number of aliphatic carboxylic acids is 1. The Labute approximate surface area is 172 Å². The molecule has 0 aliphatic heterocycles. The minimum atomic E-state index is -0.883. The van der Waals surface area contributed by atoms with Gasteiger partial charge in [0.05, 0.1) is 12.0 Å². The standard InChI is InChI=1S/C23H18N4O3/c1-15-19(12-22(28)29)20-8-5-17(13-24)14-27(20)21(15)11-16-3-6-18(7-4-16)30-23-25-9-2-10-26-23/h2-10,14H,11-12H2,1H3,(H,28,29). The minimum absolute atomic E-state index is 0.0644. The van der Waals surface area contributed by atoms with E-state index in [9.17, 15) is 15.2 Å². The number of hydrogen-bond acceptors (Lipinski definition) is 5. The van der Waals surface area contributed by atoms with Crippen LogP contribution in [0.4, 0.5) is 0 Å². The van der Waals surface area contributed by atoms with Crippen LogP contribution >= 0.6 is 0 Å². The summed E-state index contributed by atoms with van der Waals surface area (Å²) in [4.78, 5) is 19.4. The molecule has 3 heterocycles. The molecule has 1 N–H and O–H groups in total. The first kappa shape index (κ1) is 19.2. The van der Waals surface area contributed by atoms with E-state index in [-0.39, 0.29) is 12.4 Å². The first-order valence-corrected chi connectivity index (χ1v) is 9.33.